The van der Waals surface area contributed by atoms with E-state index in [-0.39, 0.29) is 18.4 Å². The Bertz CT molecular complexity index is 195. The van der Waals surface area contributed by atoms with Crippen LogP contribution in [0.3, 0.4) is 0 Å². The van der Waals surface area contributed by atoms with E-state index >= 15 is 0 Å². The third kappa shape index (κ3) is 9.38. The lowest BCUT2D eigenvalue weighted by atomic mass is 10.2. The van der Waals surface area contributed by atoms with Crippen LogP contribution >= 0.6 is 12.6 Å². The predicted molar refractivity (Wildman–Crippen MR) is 59.4 cm³/mol. The van der Waals surface area contributed by atoms with Crippen molar-refractivity contribution in [1.82, 2.24) is 10.6 Å². The van der Waals surface area contributed by atoms with E-state index < -0.39 is 0 Å². The summed E-state index contributed by atoms with van der Waals surface area (Å²) in [6, 6.07) is 0. The van der Waals surface area contributed by atoms with Crippen LogP contribution < -0.4 is 10.6 Å². The van der Waals surface area contributed by atoms with Gasteiger partial charge in [0.25, 0.3) is 0 Å². The van der Waals surface area contributed by atoms with E-state index in [0.717, 1.165) is 12.8 Å². The van der Waals surface area contributed by atoms with E-state index in [1.807, 2.05) is 6.92 Å². The Morgan fingerprint density at radius 1 is 1.36 bits per heavy atom. The van der Waals surface area contributed by atoms with Crippen LogP contribution in [0.5, 0.6) is 0 Å². The van der Waals surface area contributed by atoms with Crippen molar-refractivity contribution < 1.29 is 9.59 Å². The Hall–Kier alpha value is -0.710. The van der Waals surface area contributed by atoms with Gasteiger partial charge >= 0.3 is 0 Å². The molecule has 0 aliphatic carbocycles. The van der Waals surface area contributed by atoms with Crippen LogP contribution in [0.15, 0.2) is 0 Å². The van der Waals surface area contributed by atoms with Gasteiger partial charge in [-0.05, 0) is 18.1 Å². The quantitative estimate of drug-likeness (QED) is 0.445. The van der Waals surface area contributed by atoms with E-state index in [1.54, 1.807) is 0 Å². The molecule has 0 bridgehead atoms. The van der Waals surface area contributed by atoms with Crippen LogP contribution in [0.25, 0.3) is 0 Å². The zero-order valence-electron chi connectivity index (χ0n) is 8.67. The highest BCUT2D eigenvalue weighted by Gasteiger charge is 2.01. The molecule has 0 spiro atoms. The molecule has 0 aliphatic rings. The minimum atomic E-state index is -0.191. The smallest absolute Gasteiger partial charge is 0.239 e. The summed E-state index contributed by atoms with van der Waals surface area (Å²) in [5.41, 5.74) is 0. The Morgan fingerprint density at radius 3 is 2.50 bits per heavy atom. The highest BCUT2D eigenvalue weighted by molar-refractivity contribution is 7.80. The fourth-order valence-electron chi connectivity index (χ4n) is 0.893. The standard InChI is InChI=1S/C9H18N2O2S/c1-7(14)4-3-5-10-9(13)6-11-8(2)12/h7,14H,3-6H2,1-2H3,(H,10,13)(H,11,12)/t7-/m0/s1. The fraction of sp³-hybridized carbons (Fsp3) is 0.778. The summed E-state index contributed by atoms with van der Waals surface area (Å²) in [7, 11) is 0. The lowest BCUT2D eigenvalue weighted by Crippen LogP contribution is -2.36. The first kappa shape index (κ1) is 13.3. The molecule has 14 heavy (non-hydrogen) atoms. The van der Waals surface area contributed by atoms with Crippen LogP contribution in [-0.2, 0) is 9.59 Å². The second-order valence-electron chi connectivity index (χ2n) is 3.25. The first-order valence-electron chi connectivity index (χ1n) is 4.71. The normalized spacial score (nSPS) is 11.9. The first-order chi connectivity index (χ1) is 6.52. The Labute approximate surface area is 90.2 Å². The largest absolute Gasteiger partial charge is 0.355 e. The molecular weight excluding hydrogens is 200 g/mol. The fourth-order valence-corrected chi connectivity index (χ4v) is 1.08. The van der Waals surface area contributed by atoms with Gasteiger partial charge in [-0.3, -0.25) is 9.59 Å². The Morgan fingerprint density at radius 2 is 2.00 bits per heavy atom. The van der Waals surface area contributed by atoms with Crippen molar-refractivity contribution in [2.45, 2.75) is 31.9 Å². The molecule has 0 aromatic heterocycles. The van der Waals surface area contributed by atoms with Crippen LogP contribution in [-0.4, -0.2) is 30.2 Å². The van der Waals surface area contributed by atoms with Gasteiger partial charge in [-0.1, -0.05) is 6.92 Å². The molecule has 0 rings (SSSR count). The molecule has 2 N–H and O–H groups in total. The molecule has 2 amide bonds. The van der Waals surface area contributed by atoms with Gasteiger partial charge < -0.3 is 10.6 Å². The zero-order valence-corrected chi connectivity index (χ0v) is 9.56. The van der Waals surface area contributed by atoms with Crippen molar-refractivity contribution in [1.29, 1.82) is 0 Å². The molecule has 4 nitrogen and oxygen atoms in total. The summed E-state index contributed by atoms with van der Waals surface area (Å²) in [6.45, 7) is 4.10. The van der Waals surface area contributed by atoms with Crippen LogP contribution in [0, 0.1) is 0 Å². The number of amides is 2. The summed E-state index contributed by atoms with van der Waals surface area (Å²) in [6.07, 6.45) is 1.89. The number of hydrogen-bond donors (Lipinski definition) is 3. The number of rotatable bonds is 6. The van der Waals surface area contributed by atoms with Gasteiger partial charge in [-0.25, -0.2) is 0 Å². The minimum Gasteiger partial charge on any atom is -0.355 e. The molecule has 1 atom stereocenters. The highest BCUT2D eigenvalue weighted by atomic mass is 32.1. The molecule has 0 fully saturated rings. The molecule has 0 aliphatic heterocycles. The zero-order chi connectivity index (χ0) is 11.0. The maximum absolute atomic E-state index is 11.0. The molecule has 5 heteroatoms. The van der Waals surface area contributed by atoms with E-state index in [9.17, 15) is 9.59 Å². The van der Waals surface area contributed by atoms with Gasteiger partial charge in [0.15, 0.2) is 0 Å². The highest BCUT2D eigenvalue weighted by Crippen LogP contribution is 2.01. The summed E-state index contributed by atoms with van der Waals surface area (Å²) in [5.74, 6) is -0.337. The Kier molecular flexibility index (Phi) is 7.28. The number of thiol groups is 1. The third-order valence-electron chi connectivity index (χ3n) is 1.62. The molecule has 0 saturated heterocycles. The van der Waals surface area contributed by atoms with Crippen LogP contribution in [0.2, 0.25) is 0 Å². The van der Waals surface area contributed by atoms with Gasteiger partial charge in [0.05, 0.1) is 6.54 Å². The molecule has 0 saturated carbocycles. The average molecular weight is 218 g/mol. The van der Waals surface area contributed by atoms with E-state index in [1.165, 1.54) is 6.92 Å². The van der Waals surface area contributed by atoms with Gasteiger partial charge in [-0.15, -0.1) is 0 Å². The Balaban J connectivity index is 3.31. The topological polar surface area (TPSA) is 58.2 Å². The van der Waals surface area contributed by atoms with E-state index in [2.05, 4.69) is 23.3 Å². The predicted octanol–water partition coefficient (Wildman–Crippen LogP) is 0.337. The second kappa shape index (κ2) is 7.67. The molecule has 0 aromatic rings. The molecule has 82 valence electrons. The molecule has 0 heterocycles. The van der Waals surface area contributed by atoms with Crippen molar-refractivity contribution in [2.75, 3.05) is 13.1 Å². The van der Waals surface area contributed by atoms with E-state index in [0.29, 0.717) is 11.8 Å². The second-order valence-corrected chi connectivity index (χ2v) is 4.13. The minimum absolute atomic E-state index is 0.0613. The summed E-state index contributed by atoms with van der Waals surface area (Å²) >= 11 is 4.22. The molecule has 0 aromatic carbocycles. The third-order valence-corrected chi connectivity index (χ3v) is 1.88. The monoisotopic (exact) mass is 218 g/mol. The summed E-state index contributed by atoms with van der Waals surface area (Å²) < 4.78 is 0. The van der Waals surface area contributed by atoms with Crippen molar-refractivity contribution >= 4 is 24.4 Å². The maximum atomic E-state index is 11.0. The van der Waals surface area contributed by atoms with Gasteiger partial charge in [0.1, 0.15) is 0 Å². The van der Waals surface area contributed by atoms with Crippen LogP contribution in [0.1, 0.15) is 26.7 Å². The maximum Gasteiger partial charge on any atom is 0.239 e. The number of carbonyl (C=O) groups excluding carboxylic acids is 2. The van der Waals surface area contributed by atoms with Gasteiger partial charge in [0, 0.05) is 13.5 Å². The van der Waals surface area contributed by atoms with Crippen molar-refractivity contribution in [3.63, 3.8) is 0 Å². The first-order valence-corrected chi connectivity index (χ1v) is 5.23. The number of carbonyl (C=O) groups is 2. The van der Waals surface area contributed by atoms with Crippen LogP contribution in [0.4, 0.5) is 0 Å². The average Bonchev–Trinajstić information content (AvgIpc) is 2.08. The summed E-state index contributed by atoms with van der Waals surface area (Å²) in [5, 5.41) is 5.50. The van der Waals surface area contributed by atoms with E-state index in [4.69, 9.17) is 0 Å². The lowest BCUT2D eigenvalue weighted by Gasteiger charge is -2.06. The lowest BCUT2D eigenvalue weighted by molar-refractivity contribution is -0.125. The number of nitrogens with one attached hydrogen (secondary N) is 2. The van der Waals surface area contributed by atoms with Crippen molar-refractivity contribution in [3.8, 4) is 0 Å². The molecular formula is C9H18N2O2S. The van der Waals surface area contributed by atoms with Gasteiger partial charge in [0.2, 0.25) is 11.8 Å². The number of hydrogen-bond acceptors (Lipinski definition) is 3. The summed E-state index contributed by atoms with van der Waals surface area (Å²) in [4.78, 5) is 21.5. The molecule has 0 radical (unpaired) electrons. The SMILES string of the molecule is CC(=O)NCC(=O)NCCC[C@H](C)S. The van der Waals surface area contributed by atoms with Crippen molar-refractivity contribution in [2.24, 2.45) is 0 Å². The van der Waals surface area contributed by atoms with Gasteiger partial charge in [-0.2, -0.15) is 12.6 Å². The van der Waals surface area contributed by atoms with Crippen molar-refractivity contribution in [3.05, 3.63) is 0 Å². The molecule has 0 unspecified atom stereocenters.